The maximum absolute atomic E-state index is 13.0. The number of anilines is 1. The summed E-state index contributed by atoms with van der Waals surface area (Å²) >= 11 is 1.32. The average molecular weight is 415 g/mol. The van der Waals surface area contributed by atoms with Gasteiger partial charge in [-0.25, -0.2) is 4.39 Å². The first-order valence-corrected chi connectivity index (χ1v) is 10.1. The lowest BCUT2D eigenvalue weighted by Gasteiger charge is -2.14. The van der Waals surface area contributed by atoms with Crippen molar-refractivity contribution >= 4 is 23.4 Å². The van der Waals surface area contributed by atoms with Crippen LogP contribution in [-0.4, -0.2) is 39.6 Å². The molecule has 6 nitrogen and oxygen atoms in total. The minimum atomic E-state index is -0.420. The number of carbonyl (C=O) groups is 1. The molecular weight excluding hydrogens is 391 g/mol. The Kier molecular flexibility index (Phi) is 7.00. The van der Waals surface area contributed by atoms with Gasteiger partial charge in [-0.05, 0) is 44.2 Å². The van der Waals surface area contributed by atoms with Gasteiger partial charge >= 0.3 is 0 Å². The molecule has 0 bridgehead atoms. The highest BCUT2D eigenvalue weighted by molar-refractivity contribution is 8.00. The van der Waals surface area contributed by atoms with Gasteiger partial charge in [0.15, 0.2) is 11.0 Å². The molecule has 0 aliphatic carbocycles. The van der Waals surface area contributed by atoms with Crippen molar-refractivity contribution in [3.05, 3.63) is 59.9 Å². The minimum absolute atomic E-state index is 0.194. The number of aryl methyl sites for hydroxylation is 1. The fraction of sp³-hybridized carbons (Fsp3) is 0.286. The van der Waals surface area contributed by atoms with Crippen LogP contribution in [0.25, 0.3) is 11.4 Å². The maximum Gasteiger partial charge on any atom is 0.237 e. The number of ether oxygens (including phenoxy) is 1. The first-order valence-electron chi connectivity index (χ1n) is 9.20. The normalized spacial score (nSPS) is 12.0. The van der Waals surface area contributed by atoms with Crippen molar-refractivity contribution in [2.24, 2.45) is 0 Å². The quantitative estimate of drug-likeness (QED) is 0.561. The summed E-state index contributed by atoms with van der Waals surface area (Å²) in [4.78, 5) is 12.5. The van der Waals surface area contributed by atoms with Crippen LogP contribution in [-0.2, 0) is 16.1 Å². The zero-order chi connectivity index (χ0) is 20.8. The Morgan fingerprint density at radius 3 is 2.69 bits per heavy atom. The number of carbonyl (C=O) groups excluding carboxylic acids is 1. The van der Waals surface area contributed by atoms with Gasteiger partial charge in [0.1, 0.15) is 5.82 Å². The van der Waals surface area contributed by atoms with Crippen LogP contribution in [0.1, 0.15) is 12.5 Å². The fourth-order valence-corrected chi connectivity index (χ4v) is 3.62. The molecule has 152 valence electrons. The summed E-state index contributed by atoms with van der Waals surface area (Å²) in [5, 5.41) is 11.7. The summed E-state index contributed by atoms with van der Waals surface area (Å²) in [5.41, 5.74) is 2.64. The van der Waals surface area contributed by atoms with Crippen molar-refractivity contribution in [1.82, 2.24) is 14.8 Å². The van der Waals surface area contributed by atoms with Crippen LogP contribution in [0.4, 0.5) is 10.1 Å². The van der Waals surface area contributed by atoms with Gasteiger partial charge in [-0.2, -0.15) is 0 Å². The van der Waals surface area contributed by atoms with E-state index in [-0.39, 0.29) is 11.7 Å². The molecule has 2 aromatic carbocycles. The summed E-state index contributed by atoms with van der Waals surface area (Å²) in [6.45, 7) is 4.89. The molecule has 0 spiro atoms. The van der Waals surface area contributed by atoms with Crippen LogP contribution in [0, 0.1) is 12.7 Å². The first-order chi connectivity index (χ1) is 14.0. The molecule has 29 heavy (non-hydrogen) atoms. The van der Waals surface area contributed by atoms with Crippen LogP contribution in [0.3, 0.4) is 0 Å². The van der Waals surface area contributed by atoms with E-state index in [2.05, 4.69) is 15.5 Å². The third kappa shape index (κ3) is 5.42. The molecule has 1 heterocycles. The second-order valence-corrected chi connectivity index (χ2v) is 7.88. The lowest BCUT2D eigenvalue weighted by molar-refractivity contribution is -0.115. The van der Waals surface area contributed by atoms with Crippen molar-refractivity contribution in [3.8, 4) is 11.4 Å². The Hall–Kier alpha value is -2.71. The number of hydrogen-bond acceptors (Lipinski definition) is 5. The van der Waals surface area contributed by atoms with Crippen LogP contribution in [0.15, 0.2) is 53.7 Å². The van der Waals surface area contributed by atoms with Crippen molar-refractivity contribution < 1.29 is 13.9 Å². The van der Waals surface area contributed by atoms with Crippen LogP contribution < -0.4 is 5.32 Å². The summed E-state index contributed by atoms with van der Waals surface area (Å²) in [5.74, 6) is 0.194. The number of rotatable bonds is 8. The maximum atomic E-state index is 13.0. The zero-order valence-corrected chi connectivity index (χ0v) is 17.4. The smallest absolute Gasteiger partial charge is 0.237 e. The predicted molar refractivity (Wildman–Crippen MR) is 112 cm³/mol. The predicted octanol–water partition coefficient (Wildman–Crippen LogP) is 4.16. The molecule has 0 radical (unpaired) electrons. The molecule has 0 fully saturated rings. The van der Waals surface area contributed by atoms with Gasteiger partial charge in [0.25, 0.3) is 0 Å². The van der Waals surface area contributed by atoms with Gasteiger partial charge in [0.2, 0.25) is 5.91 Å². The summed E-state index contributed by atoms with van der Waals surface area (Å²) < 4.78 is 20.2. The van der Waals surface area contributed by atoms with Crippen LogP contribution >= 0.6 is 11.8 Å². The van der Waals surface area contributed by atoms with Crippen molar-refractivity contribution in [3.63, 3.8) is 0 Å². The van der Waals surface area contributed by atoms with E-state index >= 15 is 0 Å². The second-order valence-electron chi connectivity index (χ2n) is 6.58. The van der Waals surface area contributed by atoms with Gasteiger partial charge in [-0.3, -0.25) is 9.36 Å². The van der Waals surface area contributed by atoms with Gasteiger partial charge in [-0.1, -0.05) is 35.5 Å². The molecule has 8 heteroatoms. The van der Waals surface area contributed by atoms with Crippen LogP contribution in [0.2, 0.25) is 0 Å². The number of methoxy groups -OCH3 is 1. The van der Waals surface area contributed by atoms with Gasteiger partial charge in [0, 0.05) is 18.4 Å². The van der Waals surface area contributed by atoms with Crippen LogP contribution in [0.5, 0.6) is 0 Å². The third-order valence-corrected chi connectivity index (χ3v) is 5.36. The molecule has 0 saturated heterocycles. The molecule has 0 saturated carbocycles. The molecule has 1 amide bonds. The van der Waals surface area contributed by atoms with Crippen molar-refractivity contribution in [2.45, 2.75) is 30.8 Å². The number of halogens is 1. The Bertz CT molecular complexity index is 975. The Morgan fingerprint density at radius 1 is 1.24 bits per heavy atom. The highest BCUT2D eigenvalue weighted by Gasteiger charge is 2.21. The lowest BCUT2D eigenvalue weighted by atomic mass is 10.1. The van der Waals surface area contributed by atoms with Crippen molar-refractivity contribution in [2.75, 3.05) is 19.0 Å². The number of hydrogen-bond donors (Lipinski definition) is 1. The molecule has 1 N–H and O–H groups in total. The molecular formula is C21H23FN4O2S. The molecule has 0 aliphatic heterocycles. The summed E-state index contributed by atoms with van der Waals surface area (Å²) in [6, 6.07) is 13.7. The number of aromatic nitrogens is 3. The molecule has 1 atom stereocenters. The van der Waals surface area contributed by atoms with Gasteiger partial charge in [0.05, 0.1) is 18.4 Å². The van der Waals surface area contributed by atoms with E-state index in [0.717, 1.165) is 17.0 Å². The zero-order valence-electron chi connectivity index (χ0n) is 16.6. The fourth-order valence-electron chi connectivity index (χ4n) is 2.75. The number of benzene rings is 2. The van der Waals surface area contributed by atoms with E-state index in [1.807, 2.05) is 35.8 Å². The Labute approximate surface area is 173 Å². The highest BCUT2D eigenvalue weighted by Crippen LogP contribution is 2.28. The van der Waals surface area contributed by atoms with E-state index in [9.17, 15) is 9.18 Å². The summed E-state index contributed by atoms with van der Waals surface area (Å²) in [7, 11) is 1.64. The summed E-state index contributed by atoms with van der Waals surface area (Å²) in [6.07, 6.45) is 0. The van der Waals surface area contributed by atoms with E-state index in [0.29, 0.717) is 24.0 Å². The third-order valence-electron chi connectivity index (χ3n) is 4.28. The molecule has 3 rings (SSSR count). The first kappa shape index (κ1) is 21.0. The number of amides is 1. The number of nitrogens with zero attached hydrogens (tertiary/aromatic N) is 3. The highest BCUT2D eigenvalue weighted by atomic mass is 32.2. The Balaban J connectivity index is 1.78. The molecule has 0 aliphatic rings. The monoisotopic (exact) mass is 414 g/mol. The standard InChI is InChI=1S/C21H23FN4O2S/c1-14-5-4-6-16(13-14)19-24-25-21(26(19)11-12-28-3)29-15(2)20(27)23-18-9-7-17(22)8-10-18/h4-10,13,15H,11-12H2,1-3H3,(H,23,27)/t15-/m1/s1. The van der Waals surface area contributed by atoms with E-state index in [1.165, 1.54) is 36.0 Å². The molecule has 0 unspecified atom stereocenters. The van der Waals surface area contributed by atoms with E-state index < -0.39 is 5.25 Å². The molecule has 1 aromatic heterocycles. The SMILES string of the molecule is COCCn1c(S[C@H](C)C(=O)Nc2ccc(F)cc2)nnc1-c1cccc(C)c1. The van der Waals surface area contributed by atoms with Gasteiger partial charge in [-0.15, -0.1) is 10.2 Å². The van der Waals surface area contributed by atoms with Crippen molar-refractivity contribution in [1.29, 1.82) is 0 Å². The van der Waals surface area contributed by atoms with E-state index in [1.54, 1.807) is 14.0 Å². The minimum Gasteiger partial charge on any atom is -0.383 e. The number of nitrogens with one attached hydrogen (secondary N) is 1. The average Bonchev–Trinajstić information content (AvgIpc) is 3.10. The number of thioether (sulfide) groups is 1. The largest absolute Gasteiger partial charge is 0.383 e. The Morgan fingerprint density at radius 2 is 2.00 bits per heavy atom. The second kappa shape index (κ2) is 9.67. The molecule has 3 aromatic rings. The van der Waals surface area contributed by atoms with E-state index in [4.69, 9.17) is 4.74 Å². The lowest BCUT2D eigenvalue weighted by Crippen LogP contribution is -2.23. The topological polar surface area (TPSA) is 69.0 Å². The van der Waals surface area contributed by atoms with Gasteiger partial charge < -0.3 is 10.1 Å².